The zero-order valence-electron chi connectivity index (χ0n) is 19.3. The topological polar surface area (TPSA) is 77.4 Å². The Kier molecular flexibility index (Phi) is 8.66. The summed E-state index contributed by atoms with van der Waals surface area (Å²) in [7, 11) is 0. The lowest BCUT2D eigenvalue weighted by atomic mass is 10.0. The molecule has 6 heteroatoms. The number of rotatable bonds is 9. The van der Waals surface area contributed by atoms with Crippen molar-refractivity contribution in [2.45, 2.75) is 39.4 Å². The van der Waals surface area contributed by atoms with Gasteiger partial charge in [-0.05, 0) is 48.1 Å². The molecular weight excluding hydrogens is 400 g/mol. The van der Waals surface area contributed by atoms with Crippen molar-refractivity contribution in [2.75, 3.05) is 37.6 Å². The van der Waals surface area contributed by atoms with E-state index in [0.717, 1.165) is 37.3 Å². The fourth-order valence-corrected chi connectivity index (χ4v) is 3.95. The molecule has 0 aromatic heterocycles. The van der Waals surface area contributed by atoms with Gasteiger partial charge in [-0.25, -0.2) is 0 Å². The molecular formula is C26H34N4O2. The number of hydrogen-bond donors (Lipinski definition) is 2. The molecule has 32 heavy (non-hydrogen) atoms. The Bertz CT molecular complexity index is 897. The van der Waals surface area contributed by atoms with E-state index in [0.29, 0.717) is 12.3 Å². The predicted molar refractivity (Wildman–Crippen MR) is 128 cm³/mol. The van der Waals surface area contributed by atoms with E-state index in [1.54, 1.807) is 0 Å². The molecule has 1 aliphatic rings. The number of nitrogens with one attached hydrogen (secondary N) is 2. The second-order valence-electron chi connectivity index (χ2n) is 8.68. The first kappa shape index (κ1) is 23.8. The number of hydrogen-bond acceptors (Lipinski definition) is 5. The summed E-state index contributed by atoms with van der Waals surface area (Å²) in [6.07, 6.45) is -0.190. The molecule has 1 unspecified atom stereocenters. The zero-order valence-corrected chi connectivity index (χ0v) is 19.3. The summed E-state index contributed by atoms with van der Waals surface area (Å²) in [5, 5.41) is 14.7. The molecule has 6 nitrogen and oxygen atoms in total. The van der Waals surface area contributed by atoms with Crippen LogP contribution in [0.2, 0.25) is 0 Å². The molecule has 0 bridgehead atoms. The van der Waals surface area contributed by atoms with Crippen LogP contribution >= 0.6 is 0 Å². The molecule has 2 aromatic carbocycles. The monoisotopic (exact) mass is 434 g/mol. The maximum absolute atomic E-state index is 12.4. The maximum Gasteiger partial charge on any atom is 0.249 e. The first-order valence-corrected chi connectivity index (χ1v) is 11.4. The van der Waals surface area contributed by atoms with Gasteiger partial charge < -0.3 is 20.3 Å². The van der Waals surface area contributed by atoms with Gasteiger partial charge >= 0.3 is 0 Å². The third-order valence-corrected chi connectivity index (χ3v) is 5.75. The van der Waals surface area contributed by atoms with Crippen LogP contribution in [-0.4, -0.2) is 44.7 Å². The highest BCUT2D eigenvalue weighted by Gasteiger charge is 2.23. The molecule has 1 heterocycles. The first-order chi connectivity index (χ1) is 15.5. The number of nitriles is 1. The molecule has 1 fully saturated rings. The molecule has 1 aliphatic heterocycles. The molecule has 1 saturated heterocycles. The van der Waals surface area contributed by atoms with E-state index >= 15 is 0 Å². The average molecular weight is 435 g/mol. The minimum atomic E-state index is -0.574. The van der Waals surface area contributed by atoms with Gasteiger partial charge in [0.15, 0.2) is 0 Å². The smallest absolute Gasteiger partial charge is 0.249 e. The molecule has 3 rings (SSSR count). The number of anilines is 1. The maximum atomic E-state index is 12.4. The highest BCUT2D eigenvalue weighted by molar-refractivity contribution is 5.81. The normalized spacial score (nSPS) is 15.8. The van der Waals surface area contributed by atoms with Crippen molar-refractivity contribution < 1.29 is 9.53 Å². The van der Waals surface area contributed by atoms with Gasteiger partial charge in [0.05, 0.1) is 12.2 Å². The Balaban J connectivity index is 1.64. The van der Waals surface area contributed by atoms with Gasteiger partial charge in [0.1, 0.15) is 12.6 Å². The van der Waals surface area contributed by atoms with Gasteiger partial charge in [-0.2, -0.15) is 5.26 Å². The van der Waals surface area contributed by atoms with E-state index in [2.05, 4.69) is 77.9 Å². The first-order valence-electron chi connectivity index (χ1n) is 11.4. The summed E-state index contributed by atoms with van der Waals surface area (Å²) in [5.41, 5.74) is 4.61. The van der Waals surface area contributed by atoms with Crippen molar-refractivity contribution in [3.05, 3.63) is 54.1 Å². The van der Waals surface area contributed by atoms with Crippen LogP contribution in [0.3, 0.4) is 0 Å². The summed E-state index contributed by atoms with van der Waals surface area (Å²) in [5.74, 6) is 0.0832. The van der Waals surface area contributed by atoms with Crippen LogP contribution in [0.15, 0.2) is 48.5 Å². The van der Waals surface area contributed by atoms with Crippen LogP contribution in [0, 0.1) is 17.2 Å². The van der Waals surface area contributed by atoms with Crippen LogP contribution in [0.1, 0.15) is 38.9 Å². The summed E-state index contributed by atoms with van der Waals surface area (Å²) >= 11 is 0. The number of carbonyl (C=O) groups is 1. The Hall–Kier alpha value is -2.88. The minimum Gasteiger partial charge on any atom is -0.369 e. The second kappa shape index (κ2) is 11.7. The highest BCUT2D eigenvalue weighted by atomic mass is 16.5. The molecule has 2 aromatic rings. The summed E-state index contributed by atoms with van der Waals surface area (Å²) in [4.78, 5) is 14.8. The summed E-state index contributed by atoms with van der Waals surface area (Å²) in [6, 6.07) is 19.0. The molecule has 0 spiro atoms. The van der Waals surface area contributed by atoms with Crippen LogP contribution in [-0.2, 0) is 9.53 Å². The molecule has 0 saturated carbocycles. The van der Waals surface area contributed by atoms with E-state index in [-0.39, 0.29) is 18.6 Å². The number of benzene rings is 2. The van der Waals surface area contributed by atoms with E-state index in [1.165, 1.54) is 11.3 Å². The van der Waals surface area contributed by atoms with Gasteiger partial charge in [0.2, 0.25) is 5.91 Å². The lowest BCUT2D eigenvalue weighted by Crippen LogP contribution is -2.43. The zero-order chi connectivity index (χ0) is 22.9. The standard InChI is InChI=1S/C26H34N4O2/c1-19(2)18-25(26(31)29-13-12-27)32-20(3)21-4-6-22(7-5-21)23-8-10-24(11-9-23)30-16-14-28-15-17-30/h4-11,19-20,25,28H,13-18H2,1-3H3,(H,29,31)/t20-,25?/m1/s1. The molecule has 0 radical (unpaired) electrons. The fourth-order valence-electron chi connectivity index (χ4n) is 3.95. The van der Waals surface area contributed by atoms with Gasteiger partial charge in [0, 0.05) is 31.9 Å². The SMILES string of the molecule is CC(C)CC(O[C@H](C)c1ccc(-c2ccc(N3CCNCC3)cc2)cc1)C(=O)NCC#N. The van der Waals surface area contributed by atoms with E-state index in [9.17, 15) is 4.79 Å². The molecule has 170 valence electrons. The molecule has 1 amide bonds. The number of amides is 1. The summed E-state index contributed by atoms with van der Waals surface area (Å²) < 4.78 is 6.10. The average Bonchev–Trinajstić information content (AvgIpc) is 2.82. The third-order valence-electron chi connectivity index (χ3n) is 5.75. The van der Waals surface area contributed by atoms with Crippen molar-refractivity contribution in [3.63, 3.8) is 0 Å². The predicted octanol–water partition coefficient (Wildman–Crippen LogP) is 3.90. The largest absolute Gasteiger partial charge is 0.369 e. The number of ether oxygens (including phenoxy) is 1. The van der Waals surface area contributed by atoms with Gasteiger partial charge in [-0.1, -0.05) is 50.2 Å². The van der Waals surface area contributed by atoms with Crippen LogP contribution in [0.4, 0.5) is 5.69 Å². The molecule has 2 N–H and O–H groups in total. The van der Waals surface area contributed by atoms with Crippen LogP contribution < -0.4 is 15.5 Å². The van der Waals surface area contributed by atoms with E-state index in [4.69, 9.17) is 10.00 Å². The highest BCUT2D eigenvalue weighted by Crippen LogP contribution is 2.27. The molecule has 2 atom stereocenters. The molecule has 0 aliphatic carbocycles. The van der Waals surface area contributed by atoms with Crippen molar-refractivity contribution in [3.8, 4) is 17.2 Å². The van der Waals surface area contributed by atoms with Crippen molar-refractivity contribution in [1.29, 1.82) is 5.26 Å². The van der Waals surface area contributed by atoms with Crippen LogP contribution in [0.5, 0.6) is 0 Å². The van der Waals surface area contributed by atoms with Gasteiger partial charge in [0.25, 0.3) is 0 Å². The lowest BCUT2D eigenvalue weighted by Gasteiger charge is -2.29. The Morgan fingerprint density at radius 2 is 1.66 bits per heavy atom. The number of carbonyl (C=O) groups excluding carboxylic acids is 1. The van der Waals surface area contributed by atoms with Gasteiger partial charge in [-0.3, -0.25) is 4.79 Å². The second-order valence-corrected chi connectivity index (χ2v) is 8.68. The van der Waals surface area contributed by atoms with Gasteiger partial charge in [-0.15, -0.1) is 0 Å². The third kappa shape index (κ3) is 6.56. The van der Waals surface area contributed by atoms with Crippen molar-refractivity contribution in [2.24, 2.45) is 5.92 Å². The van der Waals surface area contributed by atoms with Crippen LogP contribution in [0.25, 0.3) is 11.1 Å². The minimum absolute atomic E-state index is 0.00664. The number of nitrogens with zero attached hydrogens (tertiary/aromatic N) is 2. The summed E-state index contributed by atoms with van der Waals surface area (Å²) in [6.45, 7) is 10.2. The van der Waals surface area contributed by atoms with Crippen molar-refractivity contribution in [1.82, 2.24) is 10.6 Å². The number of piperazine rings is 1. The Labute approximate surface area is 191 Å². The quantitative estimate of drug-likeness (QED) is 0.586. The Morgan fingerprint density at radius 3 is 2.22 bits per heavy atom. The lowest BCUT2D eigenvalue weighted by molar-refractivity contribution is -0.137. The van der Waals surface area contributed by atoms with E-state index in [1.807, 2.05) is 13.0 Å². The van der Waals surface area contributed by atoms with Crippen molar-refractivity contribution >= 4 is 11.6 Å². The van der Waals surface area contributed by atoms with E-state index < -0.39 is 6.10 Å². The fraction of sp³-hybridized carbons (Fsp3) is 0.462. The Morgan fingerprint density at radius 1 is 1.06 bits per heavy atom.